The highest BCUT2D eigenvalue weighted by atomic mass is 16.6. The third-order valence-corrected chi connectivity index (χ3v) is 4.64. The second-order valence-corrected chi connectivity index (χ2v) is 9.77. The van der Waals surface area contributed by atoms with Crippen LogP contribution in [0.3, 0.4) is 0 Å². The topological polar surface area (TPSA) is 67.8 Å². The number of anilines is 1. The zero-order valence-corrected chi connectivity index (χ0v) is 18.1. The molecule has 7 nitrogen and oxygen atoms in total. The smallest absolute Gasteiger partial charge is 0.410 e. The van der Waals surface area contributed by atoms with Gasteiger partial charge in [-0.25, -0.2) is 9.78 Å². The van der Waals surface area contributed by atoms with Gasteiger partial charge in [0.2, 0.25) is 11.8 Å². The van der Waals surface area contributed by atoms with Crippen molar-refractivity contribution >= 4 is 12.0 Å². The molecule has 28 heavy (non-hydrogen) atoms. The van der Waals surface area contributed by atoms with E-state index >= 15 is 0 Å². The van der Waals surface area contributed by atoms with Crippen molar-refractivity contribution in [2.24, 2.45) is 0 Å². The third-order valence-electron chi connectivity index (χ3n) is 4.64. The van der Waals surface area contributed by atoms with Gasteiger partial charge in [0.1, 0.15) is 11.2 Å². The summed E-state index contributed by atoms with van der Waals surface area (Å²) in [7, 11) is 0. The Morgan fingerprint density at radius 3 is 2.43 bits per heavy atom. The van der Waals surface area contributed by atoms with E-state index < -0.39 is 5.60 Å². The molecule has 1 aromatic rings. The predicted molar refractivity (Wildman–Crippen MR) is 109 cm³/mol. The van der Waals surface area contributed by atoms with Gasteiger partial charge < -0.3 is 19.3 Å². The number of carbonyl (C=O) groups is 1. The fraction of sp³-hybridized carbons (Fsp3) is 0.762. The van der Waals surface area contributed by atoms with Crippen molar-refractivity contribution in [2.75, 3.05) is 18.0 Å². The van der Waals surface area contributed by atoms with Crippen molar-refractivity contribution in [1.29, 1.82) is 0 Å². The van der Waals surface area contributed by atoms with Gasteiger partial charge in [-0.1, -0.05) is 0 Å². The molecule has 1 atom stereocenters. The van der Waals surface area contributed by atoms with Crippen LogP contribution in [0, 0.1) is 0 Å². The van der Waals surface area contributed by atoms with Crippen LogP contribution in [0.1, 0.15) is 67.2 Å². The Morgan fingerprint density at radius 2 is 1.82 bits per heavy atom. The zero-order valence-electron chi connectivity index (χ0n) is 18.1. The lowest BCUT2D eigenvalue weighted by molar-refractivity contribution is 0.0196. The van der Waals surface area contributed by atoms with Crippen molar-refractivity contribution in [1.82, 2.24) is 14.9 Å². The number of piperidine rings is 1. The Kier molecular flexibility index (Phi) is 5.73. The number of carbonyl (C=O) groups excluding carboxylic acids is 1. The molecule has 2 fully saturated rings. The van der Waals surface area contributed by atoms with Gasteiger partial charge >= 0.3 is 6.09 Å². The van der Waals surface area contributed by atoms with Crippen LogP contribution in [0.15, 0.2) is 12.3 Å². The Labute approximate surface area is 168 Å². The van der Waals surface area contributed by atoms with E-state index in [1.54, 1.807) is 12.3 Å². The predicted octanol–water partition coefficient (Wildman–Crippen LogP) is 4.02. The van der Waals surface area contributed by atoms with Crippen LogP contribution in [-0.2, 0) is 4.74 Å². The SMILES string of the molecule is CC(C)(C)OC(=O)N1CCCC(N(c2nccc(OC(C)(C)C)n2)C2CC2)C1. The van der Waals surface area contributed by atoms with E-state index in [9.17, 15) is 4.79 Å². The standard InChI is InChI=1S/C21H34N4O3/c1-20(2,3)27-17-11-12-22-18(23-17)25(15-9-10-15)16-8-7-13-24(14-16)19(26)28-21(4,5)6/h11-12,15-16H,7-10,13-14H2,1-6H3. The summed E-state index contributed by atoms with van der Waals surface area (Å²) in [5, 5.41) is 0. The molecular weight excluding hydrogens is 356 g/mol. The molecule has 1 aliphatic carbocycles. The van der Waals surface area contributed by atoms with Crippen molar-refractivity contribution in [3.63, 3.8) is 0 Å². The van der Waals surface area contributed by atoms with E-state index in [1.165, 1.54) is 0 Å². The maximum atomic E-state index is 12.5. The number of nitrogens with zero attached hydrogens (tertiary/aromatic N) is 4. The molecular formula is C21H34N4O3. The van der Waals surface area contributed by atoms with Gasteiger partial charge in [0.15, 0.2) is 0 Å². The highest BCUT2D eigenvalue weighted by molar-refractivity contribution is 5.68. The summed E-state index contributed by atoms with van der Waals surface area (Å²) in [6.45, 7) is 13.1. The van der Waals surface area contributed by atoms with E-state index in [-0.39, 0.29) is 17.7 Å². The first-order valence-corrected chi connectivity index (χ1v) is 10.3. The summed E-state index contributed by atoms with van der Waals surface area (Å²) in [5.74, 6) is 1.28. The second kappa shape index (κ2) is 7.76. The van der Waals surface area contributed by atoms with E-state index in [4.69, 9.17) is 9.47 Å². The first-order valence-electron chi connectivity index (χ1n) is 10.3. The maximum Gasteiger partial charge on any atom is 0.410 e. The van der Waals surface area contributed by atoms with Gasteiger partial charge in [-0.15, -0.1) is 0 Å². The van der Waals surface area contributed by atoms with Crippen LogP contribution in [0.2, 0.25) is 0 Å². The summed E-state index contributed by atoms with van der Waals surface area (Å²) in [6, 6.07) is 2.43. The van der Waals surface area contributed by atoms with Gasteiger partial charge in [0, 0.05) is 37.4 Å². The average Bonchev–Trinajstić information content (AvgIpc) is 3.37. The molecule has 0 aromatic carbocycles. The van der Waals surface area contributed by atoms with Crippen LogP contribution in [0.5, 0.6) is 5.88 Å². The van der Waals surface area contributed by atoms with Crippen molar-refractivity contribution < 1.29 is 14.3 Å². The van der Waals surface area contributed by atoms with Crippen LogP contribution in [-0.4, -0.2) is 57.3 Å². The van der Waals surface area contributed by atoms with Gasteiger partial charge in [-0.05, 0) is 67.2 Å². The first-order chi connectivity index (χ1) is 13.0. The number of hydrogen-bond donors (Lipinski definition) is 0. The van der Waals surface area contributed by atoms with Crippen LogP contribution in [0.25, 0.3) is 0 Å². The van der Waals surface area contributed by atoms with Gasteiger partial charge in [-0.3, -0.25) is 0 Å². The molecule has 7 heteroatoms. The molecule has 2 aliphatic rings. The summed E-state index contributed by atoms with van der Waals surface area (Å²) in [6.07, 6.45) is 5.76. The number of aromatic nitrogens is 2. The number of amides is 1. The number of likely N-dealkylation sites (tertiary alicyclic amines) is 1. The maximum absolute atomic E-state index is 12.5. The number of ether oxygens (including phenoxy) is 2. The van der Waals surface area contributed by atoms with Gasteiger partial charge in [-0.2, -0.15) is 4.98 Å². The lowest BCUT2D eigenvalue weighted by atomic mass is 10.0. The summed E-state index contributed by atoms with van der Waals surface area (Å²) in [5.41, 5.74) is -0.795. The van der Waals surface area contributed by atoms with E-state index in [0.29, 0.717) is 24.4 Å². The lowest BCUT2D eigenvalue weighted by Crippen LogP contribution is -2.52. The molecule has 1 aromatic heterocycles. The molecule has 2 heterocycles. The molecule has 3 rings (SSSR count). The van der Waals surface area contributed by atoms with Gasteiger partial charge in [0.05, 0.1) is 0 Å². The molecule has 156 valence electrons. The molecule has 0 N–H and O–H groups in total. The summed E-state index contributed by atoms with van der Waals surface area (Å²) in [4.78, 5) is 25.9. The fourth-order valence-electron chi connectivity index (χ4n) is 3.48. The quantitative estimate of drug-likeness (QED) is 0.773. The Morgan fingerprint density at radius 1 is 1.11 bits per heavy atom. The summed E-state index contributed by atoms with van der Waals surface area (Å²) >= 11 is 0. The van der Waals surface area contributed by atoms with Crippen molar-refractivity contribution in [3.05, 3.63) is 12.3 Å². The largest absolute Gasteiger partial charge is 0.472 e. The van der Waals surface area contributed by atoms with Crippen LogP contribution >= 0.6 is 0 Å². The molecule has 1 unspecified atom stereocenters. The van der Waals surface area contributed by atoms with Crippen molar-refractivity contribution in [2.45, 2.75) is 90.5 Å². The number of rotatable bonds is 4. The Bertz CT molecular complexity index is 692. The van der Waals surface area contributed by atoms with Gasteiger partial charge in [0.25, 0.3) is 0 Å². The molecule has 1 amide bonds. The minimum Gasteiger partial charge on any atom is -0.472 e. The van der Waals surface area contributed by atoms with E-state index in [2.05, 4.69) is 14.9 Å². The molecule has 1 saturated carbocycles. The average molecular weight is 391 g/mol. The lowest BCUT2D eigenvalue weighted by Gasteiger charge is -2.40. The normalized spacial score (nSPS) is 20.6. The number of hydrogen-bond acceptors (Lipinski definition) is 6. The minimum atomic E-state index is -0.484. The molecule has 0 radical (unpaired) electrons. The fourth-order valence-corrected chi connectivity index (χ4v) is 3.48. The summed E-state index contributed by atoms with van der Waals surface area (Å²) < 4.78 is 11.5. The highest BCUT2D eigenvalue weighted by Crippen LogP contribution is 2.35. The van der Waals surface area contributed by atoms with E-state index in [1.807, 2.05) is 46.4 Å². The minimum absolute atomic E-state index is 0.193. The Hall–Kier alpha value is -2.05. The van der Waals surface area contributed by atoms with Crippen LogP contribution in [0.4, 0.5) is 10.7 Å². The molecule has 0 spiro atoms. The second-order valence-electron chi connectivity index (χ2n) is 9.77. The zero-order chi connectivity index (χ0) is 20.5. The molecule has 1 saturated heterocycles. The third kappa shape index (κ3) is 5.72. The first kappa shape index (κ1) is 20.7. The molecule has 1 aliphatic heterocycles. The van der Waals surface area contributed by atoms with Crippen LogP contribution < -0.4 is 9.64 Å². The van der Waals surface area contributed by atoms with Crippen molar-refractivity contribution in [3.8, 4) is 5.88 Å². The Balaban J connectivity index is 1.75. The molecule has 0 bridgehead atoms. The monoisotopic (exact) mass is 390 g/mol. The van der Waals surface area contributed by atoms with E-state index in [0.717, 1.165) is 32.2 Å². The highest BCUT2D eigenvalue weighted by Gasteiger charge is 2.39.